The van der Waals surface area contributed by atoms with Crippen molar-refractivity contribution in [2.45, 2.75) is 118 Å². The monoisotopic (exact) mass is 450 g/mol. The molecule has 170 valence electrons. The smallest absolute Gasteiger partial charge is 0.192 e. The summed E-state index contributed by atoms with van der Waals surface area (Å²) < 4.78 is 6.66. The second-order valence-corrected chi connectivity index (χ2v) is 19.4. The normalized spacial score (nSPS) is 14.7. The lowest BCUT2D eigenvalue weighted by molar-refractivity contribution is -0.00000777. The van der Waals surface area contributed by atoms with Crippen molar-refractivity contribution in [1.29, 1.82) is 0 Å². The maximum Gasteiger partial charge on any atom is 0.192 e. The number of unbranched alkanes of at least 4 members (excludes halogenated alkanes) is 3. The molecule has 0 rings (SSSR count). The molecule has 0 spiro atoms. The number of halogens is 1. The molecule has 0 N–H and O–H groups in total. The molecule has 0 saturated carbocycles. The minimum atomic E-state index is -1.70. The Morgan fingerprint density at radius 3 is 1.64 bits per heavy atom. The van der Waals surface area contributed by atoms with Gasteiger partial charge in [-0.15, -0.1) is 0 Å². The molecule has 0 saturated heterocycles. The van der Waals surface area contributed by atoms with Crippen molar-refractivity contribution in [3.8, 4) is 0 Å². The van der Waals surface area contributed by atoms with E-state index >= 15 is 0 Å². The van der Waals surface area contributed by atoms with Crippen LogP contribution in [0.25, 0.3) is 0 Å². The lowest BCUT2D eigenvalue weighted by Gasteiger charge is -2.38. The second-order valence-electron chi connectivity index (χ2n) is 10.2. The van der Waals surface area contributed by atoms with Gasteiger partial charge in [-0.2, -0.15) is 0 Å². The van der Waals surface area contributed by atoms with E-state index in [0.717, 1.165) is 0 Å². The maximum absolute atomic E-state index is 6.66. The van der Waals surface area contributed by atoms with Crippen molar-refractivity contribution in [3.05, 3.63) is 11.6 Å². The van der Waals surface area contributed by atoms with Crippen LogP contribution in [0, 0.1) is 0 Å². The average Bonchev–Trinajstić information content (AvgIpc) is 2.58. The Labute approximate surface area is 186 Å². The zero-order valence-electron chi connectivity index (χ0n) is 21.0. The van der Waals surface area contributed by atoms with Crippen LogP contribution in [0.4, 0.5) is 0 Å². The fraction of sp³-hybridized carbons (Fsp3) is 0.917. The maximum atomic E-state index is 6.66. The van der Waals surface area contributed by atoms with Crippen molar-refractivity contribution < 1.29 is 16.8 Å². The first-order valence-electron chi connectivity index (χ1n) is 11.6. The van der Waals surface area contributed by atoms with E-state index in [1.165, 1.54) is 68.7 Å². The molecule has 0 amide bonds. The Kier molecular flexibility index (Phi) is 16.1. The van der Waals surface area contributed by atoms with E-state index in [-0.39, 0.29) is 23.5 Å². The molecule has 0 aliphatic rings. The highest BCUT2D eigenvalue weighted by Crippen LogP contribution is 2.61. The minimum absolute atomic E-state index is 0. The fourth-order valence-corrected chi connectivity index (χ4v) is 9.58. The van der Waals surface area contributed by atoms with Gasteiger partial charge in [0.1, 0.15) is 0 Å². The summed E-state index contributed by atoms with van der Waals surface area (Å²) in [7, 11) is -2.54. The van der Waals surface area contributed by atoms with Crippen LogP contribution in [0.5, 0.6) is 0 Å². The van der Waals surface area contributed by atoms with Gasteiger partial charge in [-0.1, -0.05) is 60.8 Å². The Hall–Kier alpha value is 0.637. The Morgan fingerprint density at radius 1 is 0.929 bits per heavy atom. The van der Waals surface area contributed by atoms with Crippen LogP contribution in [0.3, 0.4) is 0 Å². The van der Waals surface area contributed by atoms with Crippen LogP contribution in [0.15, 0.2) is 11.6 Å². The summed E-state index contributed by atoms with van der Waals surface area (Å²) in [6.45, 7) is 23.4. The molecule has 4 heteroatoms. The summed E-state index contributed by atoms with van der Waals surface area (Å²) in [4.78, 5) is 0. The first kappa shape index (κ1) is 30.8. The third kappa shape index (κ3) is 11.1. The summed E-state index contributed by atoms with van der Waals surface area (Å²) >= 11 is 0. The highest BCUT2D eigenvalue weighted by atomic mass is 35.5. The van der Waals surface area contributed by atoms with Gasteiger partial charge in [-0.05, 0) is 62.9 Å². The van der Waals surface area contributed by atoms with Crippen LogP contribution < -0.4 is 12.4 Å². The van der Waals surface area contributed by atoms with E-state index in [1.807, 2.05) is 0 Å². The number of allylic oxidation sites excluding steroid dienone is 1. The summed E-state index contributed by atoms with van der Waals surface area (Å²) in [6.07, 6.45) is 17.0. The SMILES string of the molecule is CCCC[P+](C/C=C(\C)C(C)O[Si](C)(C)C(C)(C)C)(CCCC)CCCC.[Cl-]. The topological polar surface area (TPSA) is 9.23 Å². The van der Waals surface area contributed by atoms with E-state index in [2.05, 4.69) is 74.6 Å². The van der Waals surface area contributed by atoms with Crippen LogP contribution >= 0.6 is 7.26 Å². The van der Waals surface area contributed by atoms with E-state index < -0.39 is 15.6 Å². The molecule has 0 aromatic heterocycles. The van der Waals surface area contributed by atoms with Gasteiger partial charge in [-0.25, -0.2) is 0 Å². The highest BCUT2D eigenvalue weighted by molar-refractivity contribution is 7.76. The van der Waals surface area contributed by atoms with Gasteiger partial charge in [0, 0.05) is 7.26 Å². The van der Waals surface area contributed by atoms with Crippen molar-refractivity contribution in [2.24, 2.45) is 0 Å². The summed E-state index contributed by atoms with van der Waals surface area (Å²) in [5.74, 6) is 0. The third-order valence-electron chi connectivity index (χ3n) is 6.68. The van der Waals surface area contributed by atoms with Crippen molar-refractivity contribution >= 4 is 15.6 Å². The zero-order chi connectivity index (χ0) is 21.1. The van der Waals surface area contributed by atoms with Gasteiger partial charge in [0.25, 0.3) is 0 Å². The molecule has 1 atom stereocenters. The van der Waals surface area contributed by atoms with Gasteiger partial charge < -0.3 is 16.8 Å². The molecule has 0 aromatic carbocycles. The van der Waals surface area contributed by atoms with Gasteiger partial charge >= 0.3 is 0 Å². The number of hydrogen-bond donors (Lipinski definition) is 0. The van der Waals surface area contributed by atoms with Gasteiger partial charge in [0.2, 0.25) is 0 Å². The van der Waals surface area contributed by atoms with E-state index in [9.17, 15) is 0 Å². The van der Waals surface area contributed by atoms with Crippen LogP contribution in [-0.2, 0) is 4.43 Å². The average molecular weight is 451 g/mol. The van der Waals surface area contributed by atoms with Crippen molar-refractivity contribution in [2.75, 3.05) is 24.6 Å². The van der Waals surface area contributed by atoms with Gasteiger partial charge in [-0.3, -0.25) is 0 Å². The molecule has 1 nitrogen and oxygen atoms in total. The first-order chi connectivity index (χ1) is 12.4. The highest BCUT2D eigenvalue weighted by Gasteiger charge is 2.39. The van der Waals surface area contributed by atoms with E-state index in [4.69, 9.17) is 4.43 Å². The molecule has 0 aliphatic heterocycles. The summed E-state index contributed by atoms with van der Waals surface area (Å²) in [5.41, 5.74) is 1.47. The van der Waals surface area contributed by atoms with Crippen LogP contribution in [0.2, 0.25) is 18.1 Å². The molecular weight excluding hydrogens is 399 g/mol. The molecule has 0 fully saturated rings. The molecule has 0 bridgehead atoms. The van der Waals surface area contributed by atoms with Crippen molar-refractivity contribution in [3.63, 3.8) is 0 Å². The predicted octanol–water partition coefficient (Wildman–Crippen LogP) is 5.76. The Balaban J connectivity index is 0. The van der Waals surface area contributed by atoms with E-state index in [1.54, 1.807) is 0 Å². The fourth-order valence-electron chi connectivity index (χ4n) is 3.31. The standard InChI is InChI=1S/C24H52OPSi.ClH/c1-11-14-18-26(19-15-12-2,20-16-13-3)21-17-22(4)23(5)25-27(9,10)24(6,7)8;/h17,23H,11-16,18-21H2,1-10H3;1H/q+1;/p-1/b22-17+;. The molecule has 28 heavy (non-hydrogen) atoms. The number of rotatable bonds is 14. The summed E-state index contributed by atoms with van der Waals surface area (Å²) in [6, 6.07) is 0. The van der Waals surface area contributed by atoms with Crippen LogP contribution in [-0.4, -0.2) is 39.1 Å². The summed E-state index contributed by atoms with van der Waals surface area (Å²) in [5, 5.41) is 0.279. The lowest BCUT2D eigenvalue weighted by atomic mass is 10.2. The molecule has 0 aromatic rings. The third-order valence-corrected chi connectivity index (χ3v) is 16.0. The Bertz CT molecular complexity index is 407. The first-order valence-corrected chi connectivity index (χ1v) is 17.1. The minimum Gasteiger partial charge on any atom is -1.00 e. The predicted molar refractivity (Wildman–Crippen MR) is 133 cm³/mol. The second kappa shape index (κ2) is 14.6. The largest absolute Gasteiger partial charge is 1.00 e. The quantitative estimate of drug-likeness (QED) is 0.185. The van der Waals surface area contributed by atoms with Gasteiger partial charge in [0.15, 0.2) is 8.32 Å². The Morgan fingerprint density at radius 2 is 1.32 bits per heavy atom. The zero-order valence-corrected chi connectivity index (χ0v) is 23.6. The molecular formula is C24H52ClOPSi. The lowest BCUT2D eigenvalue weighted by Crippen LogP contribution is -3.00. The molecule has 0 heterocycles. The van der Waals surface area contributed by atoms with Gasteiger partial charge in [0.05, 0.1) is 30.8 Å². The van der Waals surface area contributed by atoms with Crippen LogP contribution in [0.1, 0.15) is 93.9 Å². The molecule has 1 unspecified atom stereocenters. The molecule has 0 aliphatic carbocycles. The van der Waals surface area contributed by atoms with E-state index in [0.29, 0.717) is 0 Å². The molecule has 0 radical (unpaired) electrons. The van der Waals surface area contributed by atoms with Crippen molar-refractivity contribution in [1.82, 2.24) is 0 Å². The number of hydrogen-bond acceptors (Lipinski definition) is 1.